The van der Waals surface area contributed by atoms with Gasteiger partial charge in [-0.2, -0.15) is 0 Å². The number of pyridine rings is 1. The topological polar surface area (TPSA) is 36.4 Å². The van der Waals surface area contributed by atoms with Crippen molar-refractivity contribution >= 4 is 5.91 Å². The largest absolute Gasteiger partial charge is 0.340 e. The Morgan fingerprint density at radius 2 is 2.14 bits per heavy atom. The van der Waals surface area contributed by atoms with Crippen LogP contribution in [0, 0.1) is 13.8 Å². The molecular formula is C18H29N3O. The van der Waals surface area contributed by atoms with Crippen LogP contribution in [0.2, 0.25) is 0 Å². The summed E-state index contributed by atoms with van der Waals surface area (Å²) in [7, 11) is 4.06. The van der Waals surface area contributed by atoms with E-state index in [0.29, 0.717) is 19.0 Å². The Morgan fingerprint density at radius 3 is 2.82 bits per heavy atom. The zero-order valence-corrected chi connectivity index (χ0v) is 14.4. The van der Waals surface area contributed by atoms with Gasteiger partial charge >= 0.3 is 0 Å². The summed E-state index contributed by atoms with van der Waals surface area (Å²) in [5.41, 5.74) is 3.19. The number of rotatable bonds is 5. The van der Waals surface area contributed by atoms with Crippen LogP contribution in [-0.2, 0) is 11.3 Å². The van der Waals surface area contributed by atoms with Crippen LogP contribution in [0.5, 0.6) is 0 Å². The number of carbonyl (C=O) groups is 1. The molecule has 1 saturated heterocycles. The lowest BCUT2D eigenvalue weighted by Gasteiger charge is -2.32. The number of hydrogen-bond donors (Lipinski definition) is 0. The predicted molar refractivity (Wildman–Crippen MR) is 89.7 cm³/mol. The van der Waals surface area contributed by atoms with Crippen molar-refractivity contribution in [3.63, 3.8) is 0 Å². The number of piperidine rings is 1. The van der Waals surface area contributed by atoms with E-state index in [4.69, 9.17) is 0 Å². The van der Waals surface area contributed by atoms with Gasteiger partial charge in [0.25, 0.3) is 0 Å². The lowest BCUT2D eigenvalue weighted by atomic mass is 9.98. The van der Waals surface area contributed by atoms with Gasteiger partial charge in [-0.05, 0) is 64.4 Å². The van der Waals surface area contributed by atoms with Crippen LogP contribution in [0.15, 0.2) is 12.1 Å². The minimum Gasteiger partial charge on any atom is -0.340 e. The fourth-order valence-electron chi connectivity index (χ4n) is 3.33. The Hall–Kier alpha value is -1.42. The molecule has 1 atom stereocenters. The maximum Gasteiger partial charge on any atom is 0.222 e. The Kier molecular flexibility index (Phi) is 5.95. The van der Waals surface area contributed by atoms with Gasteiger partial charge in [-0.3, -0.25) is 9.78 Å². The molecule has 0 aromatic carbocycles. The summed E-state index contributed by atoms with van der Waals surface area (Å²) in [6.07, 6.45) is 5.42. The first-order chi connectivity index (χ1) is 10.5. The van der Waals surface area contributed by atoms with Crippen LogP contribution in [0.4, 0.5) is 0 Å². The van der Waals surface area contributed by atoms with E-state index in [1.54, 1.807) is 0 Å². The highest BCUT2D eigenvalue weighted by atomic mass is 16.2. The minimum absolute atomic E-state index is 0.222. The predicted octanol–water partition coefficient (Wildman–Crippen LogP) is 2.92. The van der Waals surface area contributed by atoms with Crippen molar-refractivity contribution in [1.29, 1.82) is 0 Å². The number of amides is 1. The molecule has 0 saturated carbocycles. The summed E-state index contributed by atoms with van der Waals surface area (Å²) in [5.74, 6) is 0.222. The fourth-order valence-corrected chi connectivity index (χ4v) is 3.33. The summed E-state index contributed by atoms with van der Waals surface area (Å²) >= 11 is 0. The standard InChI is InChI=1S/C18H29N3O/c1-14-11-15(2)19-16(12-14)13-21(4)18(22)9-8-17-7-5-6-10-20(17)3/h11-12,17H,5-10,13H2,1-4H3. The van der Waals surface area contributed by atoms with Crippen molar-refractivity contribution in [3.05, 3.63) is 29.1 Å². The van der Waals surface area contributed by atoms with Crippen LogP contribution in [-0.4, -0.2) is 47.4 Å². The minimum atomic E-state index is 0.222. The molecule has 1 fully saturated rings. The van der Waals surface area contributed by atoms with Crippen molar-refractivity contribution < 1.29 is 4.79 Å². The highest BCUT2D eigenvalue weighted by molar-refractivity contribution is 5.75. The zero-order chi connectivity index (χ0) is 16.1. The third kappa shape index (κ3) is 4.80. The average Bonchev–Trinajstić information content (AvgIpc) is 2.45. The molecule has 1 amide bonds. The molecule has 2 heterocycles. The number of likely N-dealkylation sites (tertiary alicyclic amines) is 1. The highest BCUT2D eigenvalue weighted by Gasteiger charge is 2.20. The highest BCUT2D eigenvalue weighted by Crippen LogP contribution is 2.19. The quantitative estimate of drug-likeness (QED) is 0.839. The number of hydrogen-bond acceptors (Lipinski definition) is 3. The Bertz CT molecular complexity index is 495. The second kappa shape index (κ2) is 7.73. The van der Waals surface area contributed by atoms with Crippen molar-refractivity contribution in [3.8, 4) is 0 Å². The number of nitrogens with zero attached hydrogens (tertiary/aromatic N) is 3. The molecule has 2 rings (SSSR count). The fraction of sp³-hybridized carbons (Fsp3) is 0.667. The summed E-state index contributed by atoms with van der Waals surface area (Å²) < 4.78 is 0. The molecule has 4 nitrogen and oxygen atoms in total. The van der Waals surface area contributed by atoms with Gasteiger partial charge in [-0.1, -0.05) is 6.42 Å². The van der Waals surface area contributed by atoms with Crippen LogP contribution in [0.25, 0.3) is 0 Å². The molecule has 0 radical (unpaired) electrons. The Morgan fingerprint density at radius 1 is 1.36 bits per heavy atom. The summed E-state index contributed by atoms with van der Waals surface area (Å²) in [5, 5.41) is 0. The number of carbonyl (C=O) groups excluding carboxylic acids is 1. The monoisotopic (exact) mass is 303 g/mol. The summed E-state index contributed by atoms with van der Waals surface area (Å²) in [4.78, 5) is 21.1. The lowest BCUT2D eigenvalue weighted by Crippen LogP contribution is -2.37. The molecular weight excluding hydrogens is 274 g/mol. The van der Waals surface area contributed by atoms with Crippen LogP contribution in [0.3, 0.4) is 0 Å². The third-order valence-corrected chi connectivity index (χ3v) is 4.59. The SMILES string of the molecule is Cc1cc(C)nc(CN(C)C(=O)CCC2CCCCN2C)c1. The van der Waals surface area contributed by atoms with Gasteiger partial charge in [-0.15, -0.1) is 0 Å². The summed E-state index contributed by atoms with van der Waals surface area (Å²) in [6.45, 7) is 5.83. The Balaban J connectivity index is 1.83. The zero-order valence-electron chi connectivity index (χ0n) is 14.4. The molecule has 1 aromatic heterocycles. The molecule has 122 valence electrons. The first-order valence-corrected chi connectivity index (χ1v) is 8.34. The van der Waals surface area contributed by atoms with Crippen molar-refractivity contribution in [1.82, 2.24) is 14.8 Å². The molecule has 0 spiro atoms. The Labute approximate surface area is 134 Å². The third-order valence-electron chi connectivity index (χ3n) is 4.59. The van der Waals surface area contributed by atoms with E-state index >= 15 is 0 Å². The van der Waals surface area contributed by atoms with E-state index < -0.39 is 0 Å². The molecule has 1 aromatic rings. The van der Waals surface area contributed by atoms with E-state index in [-0.39, 0.29) is 5.91 Å². The maximum absolute atomic E-state index is 12.3. The molecule has 1 aliphatic heterocycles. The molecule has 4 heteroatoms. The van der Waals surface area contributed by atoms with Crippen molar-refractivity contribution in [2.45, 2.75) is 58.5 Å². The lowest BCUT2D eigenvalue weighted by molar-refractivity contribution is -0.130. The van der Waals surface area contributed by atoms with Gasteiger partial charge < -0.3 is 9.80 Å². The van der Waals surface area contributed by atoms with Crippen LogP contribution in [0.1, 0.15) is 49.1 Å². The van der Waals surface area contributed by atoms with Crippen molar-refractivity contribution in [2.24, 2.45) is 0 Å². The van der Waals surface area contributed by atoms with Gasteiger partial charge in [0.15, 0.2) is 0 Å². The van der Waals surface area contributed by atoms with Crippen molar-refractivity contribution in [2.75, 3.05) is 20.6 Å². The maximum atomic E-state index is 12.3. The van der Waals surface area contributed by atoms with E-state index in [9.17, 15) is 4.79 Å². The molecule has 0 N–H and O–H groups in total. The van der Waals surface area contributed by atoms with Gasteiger partial charge in [0.1, 0.15) is 0 Å². The van der Waals surface area contributed by atoms with Crippen LogP contribution < -0.4 is 0 Å². The second-order valence-corrected chi connectivity index (χ2v) is 6.70. The molecule has 1 aliphatic rings. The summed E-state index contributed by atoms with van der Waals surface area (Å²) in [6, 6.07) is 4.70. The second-order valence-electron chi connectivity index (χ2n) is 6.70. The number of aromatic nitrogens is 1. The first kappa shape index (κ1) is 16.9. The van der Waals surface area contributed by atoms with Gasteiger partial charge in [0.05, 0.1) is 12.2 Å². The molecule has 0 aliphatic carbocycles. The van der Waals surface area contributed by atoms with E-state index in [0.717, 1.165) is 17.8 Å². The smallest absolute Gasteiger partial charge is 0.222 e. The van der Waals surface area contributed by atoms with Gasteiger partial charge in [0, 0.05) is 25.2 Å². The van der Waals surface area contributed by atoms with Crippen LogP contribution >= 0.6 is 0 Å². The number of aryl methyl sites for hydroxylation is 2. The normalized spacial score (nSPS) is 19.2. The van der Waals surface area contributed by atoms with E-state index in [1.807, 2.05) is 18.9 Å². The molecule has 22 heavy (non-hydrogen) atoms. The van der Waals surface area contributed by atoms with Gasteiger partial charge in [0.2, 0.25) is 5.91 Å². The average molecular weight is 303 g/mol. The molecule has 0 bridgehead atoms. The molecule has 1 unspecified atom stereocenters. The first-order valence-electron chi connectivity index (χ1n) is 8.34. The van der Waals surface area contributed by atoms with E-state index in [2.05, 4.69) is 36.0 Å². The van der Waals surface area contributed by atoms with Gasteiger partial charge in [-0.25, -0.2) is 0 Å². The van der Waals surface area contributed by atoms with E-state index in [1.165, 1.54) is 31.4 Å².